The van der Waals surface area contributed by atoms with Gasteiger partial charge < -0.3 is 0 Å². The molecule has 0 bridgehead atoms. The minimum Gasteiger partial charge on any atom is -0.283 e. The van der Waals surface area contributed by atoms with Gasteiger partial charge in [0.1, 0.15) is 11.3 Å². The van der Waals surface area contributed by atoms with Gasteiger partial charge in [0.15, 0.2) is 0 Å². The second-order valence-electron chi connectivity index (χ2n) is 5.38. The van der Waals surface area contributed by atoms with Crippen LogP contribution in [0.3, 0.4) is 0 Å². The van der Waals surface area contributed by atoms with Gasteiger partial charge >= 0.3 is 0 Å². The molecule has 4 aromatic rings. The average molecular weight is 273 g/mol. The minimum atomic E-state index is 0.956. The van der Waals surface area contributed by atoms with Crippen molar-refractivity contribution in [2.24, 2.45) is 0 Å². The number of imidazole rings is 1. The molecule has 0 radical (unpaired) electrons. The third-order valence-electron chi connectivity index (χ3n) is 3.75. The molecule has 1 aromatic carbocycles. The van der Waals surface area contributed by atoms with E-state index in [-0.39, 0.29) is 0 Å². The van der Waals surface area contributed by atoms with Crippen LogP contribution in [0.5, 0.6) is 0 Å². The molecule has 0 fully saturated rings. The number of aryl methyl sites for hydroxylation is 2. The number of fused-ring (bicyclic) bond motifs is 3. The van der Waals surface area contributed by atoms with E-state index in [1.165, 1.54) is 5.56 Å². The van der Waals surface area contributed by atoms with E-state index >= 15 is 0 Å². The van der Waals surface area contributed by atoms with Crippen molar-refractivity contribution < 1.29 is 0 Å². The normalized spacial score (nSPS) is 11.3. The second kappa shape index (κ2) is 4.42. The van der Waals surface area contributed by atoms with Gasteiger partial charge in [0.2, 0.25) is 0 Å². The van der Waals surface area contributed by atoms with E-state index in [0.717, 1.165) is 33.6 Å². The molecule has 0 atom stereocenters. The maximum Gasteiger partial charge on any atom is 0.146 e. The molecule has 3 heterocycles. The third kappa shape index (κ3) is 1.89. The Morgan fingerprint density at radius 3 is 2.48 bits per heavy atom. The number of benzene rings is 1. The molecule has 0 aliphatic carbocycles. The summed E-state index contributed by atoms with van der Waals surface area (Å²) >= 11 is 0. The standard InChI is InChI=1S/C18H15N3/c1-12-10-15-8-9-16(14-6-4-3-5-7-14)20-18(15)21-11-13(2)19-17(12)21/h3-11H,1-2H3. The first-order valence-corrected chi connectivity index (χ1v) is 7.04. The average Bonchev–Trinajstić information content (AvgIpc) is 2.91. The first-order chi connectivity index (χ1) is 10.2. The Hall–Kier alpha value is -2.68. The Morgan fingerprint density at radius 2 is 1.67 bits per heavy atom. The highest BCUT2D eigenvalue weighted by Crippen LogP contribution is 2.24. The zero-order chi connectivity index (χ0) is 14.4. The van der Waals surface area contributed by atoms with E-state index in [2.05, 4.69) is 46.6 Å². The van der Waals surface area contributed by atoms with E-state index in [4.69, 9.17) is 4.98 Å². The SMILES string of the molecule is Cc1cn2c(n1)c(C)cc1ccc(-c3ccccc3)nc12. The van der Waals surface area contributed by atoms with Gasteiger partial charge in [-0.3, -0.25) is 4.40 Å². The monoisotopic (exact) mass is 273 g/mol. The first-order valence-electron chi connectivity index (χ1n) is 7.04. The van der Waals surface area contributed by atoms with Crippen LogP contribution in [0, 0.1) is 13.8 Å². The molecular weight excluding hydrogens is 258 g/mol. The summed E-state index contributed by atoms with van der Waals surface area (Å²) in [5.41, 5.74) is 6.24. The number of hydrogen-bond acceptors (Lipinski definition) is 2. The number of nitrogens with zero attached hydrogens (tertiary/aromatic N) is 3. The summed E-state index contributed by atoms with van der Waals surface area (Å²) in [7, 11) is 0. The first kappa shape index (κ1) is 12.1. The molecular formula is C18H15N3. The molecule has 0 saturated carbocycles. The van der Waals surface area contributed by atoms with E-state index in [0.29, 0.717) is 0 Å². The summed E-state index contributed by atoms with van der Waals surface area (Å²) in [5.74, 6) is 0. The lowest BCUT2D eigenvalue weighted by Crippen LogP contribution is -1.94. The van der Waals surface area contributed by atoms with Gasteiger partial charge in [0.05, 0.1) is 11.4 Å². The fraction of sp³-hybridized carbons (Fsp3) is 0.111. The molecule has 3 heteroatoms. The molecule has 0 aliphatic rings. The van der Waals surface area contributed by atoms with Crippen LogP contribution in [0.15, 0.2) is 54.7 Å². The minimum absolute atomic E-state index is 0.956. The van der Waals surface area contributed by atoms with Crippen LogP contribution in [-0.4, -0.2) is 14.4 Å². The maximum atomic E-state index is 4.85. The molecule has 0 amide bonds. The fourth-order valence-electron chi connectivity index (χ4n) is 2.77. The highest BCUT2D eigenvalue weighted by atomic mass is 15.0. The second-order valence-corrected chi connectivity index (χ2v) is 5.38. The molecule has 0 aliphatic heterocycles. The van der Waals surface area contributed by atoms with Crippen LogP contribution in [-0.2, 0) is 0 Å². The van der Waals surface area contributed by atoms with Crippen LogP contribution in [0.2, 0.25) is 0 Å². The largest absolute Gasteiger partial charge is 0.283 e. The van der Waals surface area contributed by atoms with Crippen molar-refractivity contribution in [1.82, 2.24) is 14.4 Å². The zero-order valence-corrected chi connectivity index (χ0v) is 12.0. The van der Waals surface area contributed by atoms with E-state index in [1.807, 2.05) is 31.3 Å². The summed E-state index contributed by atoms with van der Waals surface area (Å²) in [6.45, 7) is 4.10. The van der Waals surface area contributed by atoms with Crippen molar-refractivity contribution in [1.29, 1.82) is 0 Å². The van der Waals surface area contributed by atoms with Crippen molar-refractivity contribution in [3.63, 3.8) is 0 Å². The highest BCUT2D eigenvalue weighted by molar-refractivity contribution is 5.82. The summed E-state index contributed by atoms with van der Waals surface area (Å²) in [4.78, 5) is 9.44. The molecule has 21 heavy (non-hydrogen) atoms. The van der Waals surface area contributed by atoms with Gasteiger partial charge in [0.25, 0.3) is 0 Å². The van der Waals surface area contributed by atoms with Crippen LogP contribution in [0.25, 0.3) is 27.9 Å². The smallest absolute Gasteiger partial charge is 0.146 e. The van der Waals surface area contributed by atoms with Crippen molar-refractivity contribution in [2.75, 3.05) is 0 Å². The molecule has 102 valence electrons. The van der Waals surface area contributed by atoms with Crippen molar-refractivity contribution in [3.8, 4) is 11.3 Å². The Morgan fingerprint density at radius 1 is 0.857 bits per heavy atom. The molecule has 0 spiro atoms. The summed E-state index contributed by atoms with van der Waals surface area (Å²) < 4.78 is 2.09. The summed E-state index contributed by atoms with van der Waals surface area (Å²) in [6, 6.07) is 16.6. The van der Waals surface area contributed by atoms with Crippen LogP contribution < -0.4 is 0 Å². The highest BCUT2D eigenvalue weighted by Gasteiger charge is 2.09. The predicted molar refractivity (Wildman–Crippen MR) is 85.4 cm³/mol. The molecule has 4 rings (SSSR count). The van der Waals surface area contributed by atoms with Crippen molar-refractivity contribution in [3.05, 3.63) is 66.0 Å². The predicted octanol–water partition coefficient (Wildman–Crippen LogP) is 4.17. The van der Waals surface area contributed by atoms with E-state index in [9.17, 15) is 0 Å². The zero-order valence-electron chi connectivity index (χ0n) is 12.0. The van der Waals surface area contributed by atoms with Gasteiger partial charge in [-0.05, 0) is 37.6 Å². The summed E-state index contributed by atoms with van der Waals surface area (Å²) in [6.07, 6.45) is 2.05. The lowest BCUT2D eigenvalue weighted by Gasteiger charge is -2.07. The Kier molecular flexibility index (Phi) is 2.54. The molecule has 0 saturated heterocycles. The van der Waals surface area contributed by atoms with Crippen LogP contribution >= 0.6 is 0 Å². The molecule has 3 aromatic heterocycles. The van der Waals surface area contributed by atoms with Crippen molar-refractivity contribution >= 4 is 16.7 Å². The number of rotatable bonds is 1. The van der Waals surface area contributed by atoms with Gasteiger partial charge in [0, 0.05) is 17.1 Å². The van der Waals surface area contributed by atoms with Crippen LogP contribution in [0.1, 0.15) is 11.3 Å². The quantitative estimate of drug-likeness (QED) is 0.521. The lowest BCUT2D eigenvalue weighted by molar-refractivity contribution is 1.17. The fourth-order valence-corrected chi connectivity index (χ4v) is 2.77. The maximum absolute atomic E-state index is 4.85. The lowest BCUT2D eigenvalue weighted by atomic mass is 10.1. The molecule has 0 unspecified atom stereocenters. The van der Waals surface area contributed by atoms with Crippen molar-refractivity contribution in [2.45, 2.75) is 13.8 Å². The van der Waals surface area contributed by atoms with Gasteiger partial charge in [-0.25, -0.2) is 9.97 Å². The Bertz CT molecular complexity index is 952. The molecule has 3 nitrogen and oxygen atoms in total. The number of hydrogen-bond donors (Lipinski definition) is 0. The van der Waals surface area contributed by atoms with E-state index in [1.54, 1.807) is 0 Å². The Balaban J connectivity index is 2.07. The number of aromatic nitrogens is 3. The molecule has 0 N–H and O–H groups in total. The topological polar surface area (TPSA) is 30.2 Å². The Labute approximate surface area is 122 Å². The van der Waals surface area contributed by atoms with Gasteiger partial charge in [-0.1, -0.05) is 30.3 Å². The summed E-state index contributed by atoms with van der Waals surface area (Å²) in [5, 5.41) is 1.14. The third-order valence-corrected chi connectivity index (χ3v) is 3.75. The van der Waals surface area contributed by atoms with E-state index < -0.39 is 0 Å². The number of pyridine rings is 2. The van der Waals surface area contributed by atoms with Gasteiger partial charge in [-0.2, -0.15) is 0 Å². The van der Waals surface area contributed by atoms with Crippen LogP contribution in [0.4, 0.5) is 0 Å². The van der Waals surface area contributed by atoms with Gasteiger partial charge in [-0.15, -0.1) is 0 Å².